The molecule has 0 saturated heterocycles. The Morgan fingerprint density at radius 3 is 2.50 bits per heavy atom. The maximum atomic E-state index is 12.2. The maximum Gasteiger partial charge on any atom is 0.228 e. The first-order valence-electron chi connectivity index (χ1n) is 6.77. The van der Waals surface area contributed by atoms with Gasteiger partial charge in [0.15, 0.2) is 0 Å². The van der Waals surface area contributed by atoms with E-state index in [4.69, 9.17) is 11.6 Å². The number of benzene rings is 1. The molecular formula is C15H17ClNO3-. The molecule has 20 heavy (non-hydrogen) atoms. The van der Waals surface area contributed by atoms with Crippen LogP contribution in [0.25, 0.3) is 0 Å². The summed E-state index contributed by atoms with van der Waals surface area (Å²) in [7, 11) is 0. The maximum absolute atomic E-state index is 12.2. The van der Waals surface area contributed by atoms with Crippen molar-refractivity contribution in [1.82, 2.24) is 0 Å². The van der Waals surface area contributed by atoms with E-state index in [0.717, 1.165) is 18.4 Å². The van der Waals surface area contributed by atoms with Crippen LogP contribution in [-0.4, -0.2) is 11.9 Å². The average Bonchev–Trinajstić information content (AvgIpc) is 2.43. The highest BCUT2D eigenvalue weighted by molar-refractivity contribution is 6.31. The number of rotatable bonds is 3. The molecule has 108 valence electrons. The van der Waals surface area contributed by atoms with Gasteiger partial charge in [-0.05, 0) is 37.5 Å². The van der Waals surface area contributed by atoms with E-state index in [9.17, 15) is 14.7 Å². The molecule has 0 bridgehead atoms. The number of hydrogen-bond donors (Lipinski definition) is 1. The van der Waals surface area contributed by atoms with Crippen molar-refractivity contribution in [2.75, 3.05) is 5.32 Å². The SMILES string of the molecule is Cc1ccc(NC(=O)[C@@H]2CCCC[C@@H]2C(=O)[O-])cc1Cl. The molecule has 1 aromatic rings. The normalized spacial score (nSPS) is 22.3. The lowest BCUT2D eigenvalue weighted by molar-refractivity contribution is -0.313. The zero-order valence-electron chi connectivity index (χ0n) is 11.3. The Morgan fingerprint density at radius 1 is 1.25 bits per heavy atom. The lowest BCUT2D eigenvalue weighted by Gasteiger charge is -2.31. The predicted molar refractivity (Wildman–Crippen MR) is 75.3 cm³/mol. The molecule has 0 aromatic heterocycles. The lowest BCUT2D eigenvalue weighted by atomic mass is 9.78. The molecule has 2 rings (SSSR count). The standard InChI is InChI=1S/C15H18ClNO3/c1-9-6-7-10(8-13(9)16)17-14(18)11-4-2-3-5-12(11)15(19)20/h6-8,11-12H,2-5H2,1H3,(H,17,18)(H,19,20)/p-1/t11-,12+/m1/s1. The number of aryl methyl sites for hydroxylation is 1. The first kappa shape index (κ1) is 14.9. The van der Waals surface area contributed by atoms with Crippen molar-refractivity contribution in [1.29, 1.82) is 0 Å². The third kappa shape index (κ3) is 3.31. The fourth-order valence-electron chi connectivity index (χ4n) is 2.63. The first-order valence-corrected chi connectivity index (χ1v) is 7.14. The zero-order valence-corrected chi connectivity index (χ0v) is 12.1. The van der Waals surface area contributed by atoms with E-state index in [-0.39, 0.29) is 5.91 Å². The number of carboxylic acid groups (broad SMARTS) is 1. The minimum Gasteiger partial charge on any atom is -0.550 e. The second kappa shape index (κ2) is 6.27. The molecule has 0 radical (unpaired) electrons. The number of carboxylic acids is 1. The molecule has 1 aliphatic carbocycles. The van der Waals surface area contributed by atoms with Gasteiger partial charge in [-0.2, -0.15) is 0 Å². The summed E-state index contributed by atoms with van der Waals surface area (Å²) in [4.78, 5) is 23.3. The molecule has 1 aliphatic rings. The molecule has 2 atom stereocenters. The number of anilines is 1. The van der Waals surface area contributed by atoms with Gasteiger partial charge in [-0.15, -0.1) is 0 Å². The Balaban J connectivity index is 2.09. The van der Waals surface area contributed by atoms with Gasteiger partial charge in [-0.3, -0.25) is 4.79 Å². The minimum atomic E-state index is -1.13. The summed E-state index contributed by atoms with van der Waals surface area (Å²) in [5.74, 6) is -2.61. The van der Waals surface area contributed by atoms with Crippen molar-refractivity contribution in [3.05, 3.63) is 28.8 Å². The van der Waals surface area contributed by atoms with Gasteiger partial charge in [0.05, 0.1) is 0 Å². The van der Waals surface area contributed by atoms with E-state index in [1.807, 2.05) is 13.0 Å². The highest BCUT2D eigenvalue weighted by Gasteiger charge is 2.31. The quantitative estimate of drug-likeness (QED) is 0.928. The third-order valence-electron chi connectivity index (χ3n) is 3.84. The summed E-state index contributed by atoms with van der Waals surface area (Å²) in [5, 5.41) is 14.4. The number of carbonyl (C=O) groups is 2. The van der Waals surface area contributed by atoms with Gasteiger partial charge in [0.25, 0.3) is 0 Å². The molecule has 0 unspecified atom stereocenters. The number of carbonyl (C=O) groups excluding carboxylic acids is 2. The molecule has 1 saturated carbocycles. The molecule has 1 fully saturated rings. The van der Waals surface area contributed by atoms with Crippen LogP contribution in [0.3, 0.4) is 0 Å². The van der Waals surface area contributed by atoms with Crippen molar-refractivity contribution in [2.24, 2.45) is 11.8 Å². The van der Waals surface area contributed by atoms with Gasteiger partial charge in [0.2, 0.25) is 5.91 Å². The molecule has 1 N–H and O–H groups in total. The van der Waals surface area contributed by atoms with Gasteiger partial charge in [0, 0.05) is 28.5 Å². The topological polar surface area (TPSA) is 69.2 Å². The fraction of sp³-hybridized carbons (Fsp3) is 0.467. The molecule has 1 aromatic carbocycles. The van der Waals surface area contributed by atoms with Crippen LogP contribution in [0.15, 0.2) is 18.2 Å². The highest BCUT2D eigenvalue weighted by atomic mass is 35.5. The van der Waals surface area contributed by atoms with Crippen LogP contribution in [0.5, 0.6) is 0 Å². The minimum absolute atomic E-state index is 0.265. The van der Waals surface area contributed by atoms with E-state index in [1.54, 1.807) is 12.1 Å². The van der Waals surface area contributed by atoms with E-state index in [2.05, 4.69) is 5.32 Å². The van der Waals surface area contributed by atoms with Crippen LogP contribution in [0.4, 0.5) is 5.69 Å². The Bertz CT molecular complexity index is 530. The van der Waals surface area contributed by atoms with E-state index in [0.29, 0.717) is 23.6 Å². The molecule has 0 aliphatic heterocycles. The fourth-order valence-corrected chi connectivity index (χ4v) is 2.81. The van der Waals surface area contributed by atoms with Crippen LogP contribution >= 0.6 is 11.6 Å². The van der Waals surface area contributed by atoms with Crippen LogP contribution < -0.4 is 10.4 Å². The molecule has 4 nitrogen and oxygen atoms in total. The van der Waals surface area contributed by atoms with Crippen LogP contribution in [0.2, 0.25) is 5.02 Å². The van der Waals surface area contributed by atoms with Crippen molar-refractivity contribution in [3.63, 3.8) is 0 Å². The average molecular weight is 295 g/mol. The van der Waals surface area contributed by atoms with E-state index in [1.165, 1.54) is 0 Å². The second-order valence-electron chi connectivity index (χ2n) is 5.27. The van der Waals surface area contributed by atoms with Crippen LogP contribution in [0.1, 0.15) is 31.2 Å². The van der Waals surface area contributed by atoms with Crippen molar-refractivity contribution < 1.29 is 14.7 Å². The number of nitrogens with one attached hydrogen (secondary N) is 1. The predicted octanol–water partition coefficient (Wildman–Crippen LogP) is 2.14. The van der Waals surface area contributed by atoms with E-state index >= 15 is 0 Å². The molecule has 5 heteroatoms. The summed E-state index contributed by atoms with van der Waals surface area (Å²) >= 11 is 6.01. The van der Waals surface area contributed by atoms with Crippen LogP contribution in [0, 0.1) is 18.8 Å². The summed E-state index contributed by atoms with van der Waals surface area (Å²) in [5.41, 5.74) is 1.52. The molecular weight excluding hydrogens is 278 g/mol. The van der Waals surface area contributed by atoms with Crippen molar-refractivity contribution >= 4 is 29.2 Å². The van der Waals surface area contributed by atoms with Gasteiger partial charge in [-0.1, -0.05) is 30.5 Å². The zero-order chi connectivity index (χ0) is 14.7. The smallest absolute Gasteiger partial charge is 0.228 e. The monoisotopic (exact) mass is 294 g/mol. The number of halogens is 1. The number of hydrogen-bond acceptors (Lipinski definition) is 3. The highest BCUT2D eigenvalue weighted by Crippen LogP contribution is 2.31. The third-order valence-corrected chi connectivity index (χ3v) is 4.25. The van der Waals surface area contributed by atoms with Gasteiger partial charge in [-0.25, -0.2) is 0 Å². The molecule has 0 heterocycles. The van der Waals surface area contributed by atoms with Gasteiger partial charge < -0.3 is 15.2 Å². The Morgan fingerprint density at radius 2 is 1.90 bits per heavy atom. The summed E-state index contributed by atoms with van der Waals surface area (Å²) in [6.07, 6.45) is 2.80. The van der Waals surface area contributed by atoms with Gasteiger partial charge >= 0.3 is 0 Å². The second-order valence-corrected chi connectivity index (χ2v) is 5.68. The summed E-state index contributed by atoms with van der Waals surface area (Å²) < 4.78 is 0. The van der Waals surface area contributed by atoms with E-state index < -0.39 is 17.8 Å². The Hall–Kier alpha value is -1.55. The van der Waals surface area contributed by atoms with Crippen LogP contribution in [-0.2, 0) is 9.59 Å². The lowest BCUT2D eigenvalue weighted by Crippen LogP contribution is -2.42. The van der Waals surface area contributed by atoms with Crippen molar-refractivity contribution in [2.45, 2.75) is 32.6 Å². The number of aliphatic carboxylic acids is 1. The first-order chi connectivity index (χ1) is 9.49. The largest absolute Gasteiger partial charge is 0.550 e. The van der Waals surface area contributed by atoms with Gasteiger partial charge in [0.1, 0.15) is 0 Å². The Labute approximate surface area is 123 Å². The van der Waals surface area contributed by atoms with Crippen molar-refractivity contribution in [3.8, 4) is 0 Å². The molecule has 1 amide bonds. The summed E-state index contributed by atoms with van der Waals surface area (Å²) in [6.45, 7) is 1.88. The molecule has 0 spiro atoms. The Kier molecular flexibility index (Phi) is 4.65. The summed E-state index contributed by atoms with van der Waals surface area (Å²) in [6, 6.07) is 5.25. The number of amides is 1.